The van der Waals surface area contributed by atoms with E-state index in [4.69, 9.17) is 5.11 Å². The molecule has 74 valence electrons. The van der Waals surface area contributed by atoms with Crippen LogP contribution in [0.4, 0.5) is 0 Å². The third-order valence-electron chi connectivity index (χ3n) is 2.13. The molecule has 0 aliphatic carbocycles. The van der Waals surface area contributed by atoms with Gasteiger partial charge in [0.15, 0.2) is 0 Å². The van der Waals surface area contributed by atoms with E-state index in [1.807, 2.05) is 12.1 Å². The van der Waals surface area contributed by atoms with E-state index in [1.54, 1.807) is 36.7 Å². The Labute approximate surface area is 87.0 Å². The molecule has 2 aromatic rings. The number of carbonyl (C=O) groups is 1. The Balaban J connectivity index is 2.58. The standard InChI is InChI=1S/C12H9NO2/c14-12(15)11-6-2-1-5-10(11)9-4-3-7-13-8-9/h1-8H,(H,14,15). The predicted octanol–water partition coefficient (Wildman–Crippen LogP) is 2.45. The molecule has 0 saturated heterocycles. The van der Waals surface area contributed by atoms with E-state index in [9.17, 15) is 4.79 Å². The summed E-state index contributed by atoms with van der Waals surface area (Å²) in [5, 5.41) is 9.01. The molecule has 0 bridgehead atoms. The maximum Gasteiger partial charge on any atom is 0.336 e. The number of carboxylic acid groups (broad SMARTS) is 1. The molecule has 0 aliphatic heterocycles. The van der Waals surface area contributed by atoms with E-state index in [1.165, 1.54) is 0 Å². The molecule has 0 spiro atoms. The summed E-state index contributed by atoms with van der Waals surface area (Å²) in [5.41, 5.74) is 1.80. The van der Waals surface area contributed by atoms with Gasteiger partial charge >= 0.3 is 5.97 Å². The lowest BCUT2D eigenvalue weighted by atomic mass is 10.0. The molecule has 0 fully saturated rings. The second-order valence-corrected chi connectivity index (χ2v) is 3.09. The molecular formula is C12H9NO2. The average Bonchev–Trinajstić information content (AvgIpc) is 2.30. The Morgan fingerprint density at radius 3 is 2.60 bits per heavy atom. The first-order chi connectivity index (χ1) is 7.29. The van der Waals surface area contributed by atoms with Crippen LogP contribution in [-0.2, 0) is 0 Å². The number of benzene rings is 1. The van der Waals surface area contributed by atoms with Gasteiger partial charge in [-0.15, -0.1) is 0 Å². The molecule has 3 nitrogen and oxygen atoms in total. The third-order valence-corrected chi connectivity index (χ3v) is 2.13. The number of aromatic carboxylic acids is 1. The summed E-state index contributed by atoms with van der Waals surface area (Å²) in [6.45, 7) is 0. The number of hydrogen-bond acceptors (Lipinski definition) is 2. The van der Waals surface area contributed by atoms with Gasteiger partial charge in [-0.2, -0.15) is 0 Å². The van der Waals surface area contributed by atoms with E-state index in [0.717, 1.165) is 5.56 Å². The van der Waals surface area contributed by atoms with Crippen LogP contribution < -0.4 is 0 Å². The second kappa shape index (κ2) is 3.92. The topological polar surface area (TPSA) is 50.2 Å². The summed E-state index contributed by atoms with van der Waals surface area (Å²) < 4.78 is 0. The lowest BCUT2D eigenvalue weighted by Crippen LogP contribution is -1.98. The predicted molar refractivity (Wildman–Crippen MR) is 56.6 cm³/mol. The Morgan fingerprint density at radius 2 is 1.93 bits per heavy atom. The Hall–Kier alpha value is -2.16. The fourth-order valence-corrected chi connectivity index (χ4v) is 1.44. The minimum absolute atomic E-state index is 0.297. The molecule has 0 amide bonds. The van der Waals surface area contributed by atoms with E-state index in [0.29, 0.717) is 11.1 Å². The van der Waals surface area contributed by atoms with Crippen molar-refractivity contribution >= 4 is 5.97 Å². The van der Waals surface area contributed by atoms with Crippen LogP contribution in [0.1, 0.15) is 10.4 Å². The molecular weight excluding hydrogens is 190 g/mol. The van der Waals surface area contributed by atoms with Crippen molar-refractivity contribution in [2.75, 3.05) is 0 Å². The zero-order chi connectivity index (χ0) is 10.7. The molecule has 1 heterocycles. The number of carboxylic acids is 1. The van der Waals surface area contributed by atoms with Crippen molar-refractivity contribution in [3.05, 3.63) is 54.4 Å². The molecule has 0 aliphatic rings. The van der Waals surface area contributed by atoms with Gasteiger partial charge in [-0.3, -0.25) is 4.98 Å². The summed E-state index contributed by atoms with van der Waals surface area (Å²) in [6, 6.07) is 10.5. The summed E-state index contributed by atoms with van der Waals surface area (Å²) in [4.78, 5) is 14.9. The van der Waals surface area contributed by atoms with Gasteiger partial charge in [0.2, 0.25) is 0 Å². The van der Waals surface area contributed by atoms with Crippen molar-refractivity contribution in [1.82, 2.24) is 4.98 Å². The van der Waals surface area contributed by atoms with Crippen LogP contribution in [0.15, 0.2) is 48.8 Å². The molecule has 2 rings (SSSR count). The van der Waals surface area contributed by atoms with E-state index < -0.39 is 5.97 Å². The fourth-order valence-electron chi connectivity index (χ4n) is 1.44. The molecule has 0 radical (unpaired) electrons. The van der Waals surface area contributed by atoms with Crippen LogP contribution in [0.2, 0.25) is 0 Å². The molecule has 15 heavy (non-hydrogen) atoms. The maximum absolute atomic E-state index is 11.0. The molecule has 3 heteroatoms. The second-order valence-electron chi connectivity index (χ2n) is 3.09. The lowest BCUT2D eigenvalue weighted by molar-refractivity contribution is 0.0698. The average molecular weight is 199 g/mol. The van der Waals surface area contributed by atoms with Crippen LogP contribution in [0.25, 0.3) is 11.1 Å². The smallest absolute Gasteiger partial charge is 0.336 e. The van der Waals surface area contributed by atoms with Gasteiger partial charge in [0.1, 0.15) is 0 Å². The minimum Gasteiger partial charge on any atom is -0.478 e. The molecule has 0 unspecified atom stereocenters. The van der Waals surface area contributed by atoms with Crippen molar-refractivity contribution in [3.63, 3.8) is 0 Å². The van der Waals surface area contributed by atoms with Gasteiger partial charge in [-0.25, -0.2) is 4.79 Å². The fraction of sp³-hybridized carbons (Fsp3) is 0. The third kappa shape index (κ3) is 1.86. The molecule has 0 atom stereocenters. The van der Waals surface area contributed by atoms with Gasteiger partial charge in [0.05, 0.1) is 5.56 Å². The maximum atomic E-state index is 11.0. The van der Waals surface area contributed by atoms with Crippen molar-refractivity contribution in [3.8, 4) is 11.1 Å². The van der Waals surface area contributed by atoms with Crippen molar-refractivity contribution in [1.29, 1.82) is 0 Å². The van der Waals surface area contributed by atoms with E-state index in [-0.39, 0.29) is 0 Å². The SMILES string of the molecule is O=C(O)c1ccccc1-c1cccnc1. The van der Waals surface area contributed by atoms with Crippen LogP contribution >= 0.6 is 0 Å². The zero-order valence-corrected chi connectivity index (χ0v) is 7.92. The highest BCUT2D eigenvalue weighted by Gasteiger charge is 2.09. The monoisotopic (exact) mass is 199 g/mol. The highest BCUT2D eigenvalue weighted by atomic mass is 16.4. The quantitative estimate of drug-likeness (QED) is 0.808. The zero-order valence-electron chi connectivity index (χ0n) is 7.92. The van der Waals surface area contributed by atoms with Crippen LogP contribution in [-0.4, -0.2) is 16.1 Å². The van der Waals surface area contributed by atoms with Crippen LogP contribution in [0.3, 0.4) is 0 Å². The van der Waals surface area contributed by atoms with Crippen LogP contribution in [0, 0.1) is 0 Å². The molecule has 1 N–H and O–H groups in total. The summed E-state index contributed by atoms with van der Waals surface area (Å²) in [7, 11) is 0. The number of rotatable bonds is 2. The van der Waals surface area contributed by atoms with Crippen molar-refractivity contribution < 1.29 is 9.90 Å². The van der Waals surface area contributed by atoms with Crippen molar-refractivity contribution in [2.45, 2.75) is 0 Å². The van der Waals surface area contributed by atoms with Crippen LogP contribution in [0.5, 0.6) is 0 Å². The summed E-state index contributed by atoms with van der Waals surface area (Å²) >= 11 is 0. The highest BCUT2D eigenvalue weighted by Crippen LogP contribution is 2.22. The van der Waals surface area contributed by atoms with E-state index in [2.05, 4.69) is 4.98 Å². The molecule has 1 aromatic carbocycles. The van der Waals surface area contributed by atoms with Crippen molar-refractivity contribution in [2.24, 2.45) is 0 Å². The van der Waals surface area contributed by atoms with Gasteiger partial charge in [0, 0.05) is 18.0 Å². The summed E-state index contributed by atoms with van der Waals surface area (Å²) in [5.74, 6) is -0.922. The largest absolute Gasteiger partial charge is 0.478 e. The normalized spacial score (nSPS) is 9.87. The first-order valence-corrected chi connectivity index (χ1v) is 4.52. The Kier molecular flexibility index (Phi) is 2.46. The minimum atomic E-state index is -0.922. The van der Waals surface area contributed by atoms with Gasteiger partial charge in [0.25, 0.3) is 0 Å². The van der Waals surface area contributed by atoms with Gasteiger partial charge < -0.3 is 5.11 Å². The first kappa shape index (κ1) is 9.40. The summed E-state index contributed by atoms with van der Waals surface area (Å²) in [6.07, 6.45) is 3.31. The Bertz CT molecular complexity index is 480. The Morgan fingerprint density at radius 1 is 1.13 bits per heavy atom. The van der Waals surface area contributed by atoms with E-state index >= 15 is 0 Å². The number of pyridine rings is 1. The molecule has 1 aromatic heterocycles. The first-order valence-electron chi connectivity index (χ1n) is 4.52. The highest BCUT2D eigenvalue weighted by molar-refractivity contribution is 5.95. The number of hydrogen-bond donors (Lipinski definition) is 1. The molecule has 0 saturated carbocycles. The number of aromatic nitrogens is 1. The van der Waals surface area contributed by atoms with Gasteiger partial charge in [-0.05, 0) is 17.7 Å². The van der Waals surface area contributed by atoms with Gasteiger partial charge in [-0.1, -0.05) is 24.3 Å². The number of nitrogens with zero attached hydrogens (tertiary/aromatic N) is 1. The lowest BCUT2D eigenvalue weighted by Gasteiger charge is -2.04.